The van der Waals surface area contributed by atoms with Crippen molar-refractivity contribution in [2.75, 3.05) is 0 Å². The molecule has 0 heterocycles. The van der Waals surface area contributed by atoms with E-state index in [0.29, 0.717) is 12.8 Å². The number of sulfonamides is 1. The summed E-state index contributed by atoms with van der Waals surface area (Å²) in [6.07, 6.45) is 8.98. The quantitative estimate of drug-likeness (QED) is 0.654. The van der Waals surface area contributed by atoms with E-state index >= 15 is 0 Å². The van der Waals surface area contributed by atoms with Crippen LogP contribution in [-0.4, -0.2) is 24.5 Å². The van der Waals surface area contributed by atoms with Crippen LogP contribution >= 0.6 is 0 Å². The highest BCUT2D eigenvalue weighted by molar-refractivity contribution is 7.90. The zero-order valence-electron chi connectivity index (χ0n) is 7.60. The van der Waals surface area contributed by atoms with E-state index < -0.39 is 15.7 Å². The van der Waals surface area contributed by atoms with Gasteiger partial charge in [-0.3, -0.25) is 0 Å². The minimum absolute atomic E-state index is 0.162. The summed E-state index contributed by atoms with van der Waals surface area (Å²) in [4.78, 5) is 0. The van der Waals surface area contributed by atoms with Crippen molar-refractivity contribution in [1.29, 1.82) is 0 Å². The first-order valence-electron chi connectivity index (χ1n) is 4.51. The first-order valence-corrected chi connectivity index (χ1v) is 6.06. The van der Waals surface area contributed by atoms with Crippen LogP contribution in [0.2, 0.25) is 0 Å². The molecular weight excluding hydrogens is 202 g/mol. The molecule has 1 unspecified atom stereocenters. The molecule has 0 spiro atoms. The molecule has 0 aromatic heterocycles. The minimum Gasteiger partial charge on any atom is -0.371 e. The SMILES string of the molecule is O=S(=O)(NC1(O)C=CC=[C]C1)C1CC1. The number of allylic oxidation sites excluding steroid dienone is 2. The van der Waals surface area contributed by atoms with E-state index in [-0.39, 0.29) is 11.7 Å². The first-order chi connectivity index (χ1) is 6.52. The van der Waals surface area contributed by atoms with Gasteiger partial charge < -0.3 is 5.11 Å². The molecule has 0 aliphatic heterocycles. The van der Waals surface area contributed by atoms with Crippen molar-refractivity contribution in [3.05, 3.63) is 24.3 Å². The van der Waals surface area contributed by atoms with Crippen molar-refractivity contribution >= 4 is 10.0 Å². The number of nitrogens with one attached hydrogen (secondary N) is 1. The van der Waals surface area contributed by atoms with Gasteiger partial charge in [0.1, 0.15) is 0 Å². The van der Waals surface area contributed by atoms with Crippen LogP contribution in [0.5, 0.6) is 0 Å². The lowest BCUT2D eigenvalue weighted by atomic mass is 10.1. The van der Waals surface area contributed by atoms with E-state index in [1.54, 1.807) is 12.2 Å². The number of aliphatic hydroxyl groups is 1. The van der Waals surface area contributed by atoms with Gasteiger partial charge in [0.25, 0.3) is 0 Å². The lowest BCUT2D eigenvalue weighted by molar-refractivity contribution is 0.0795. The fourth-order valence-corrected chi connectivity index (χ4v) is 2.88. The van der Waals surface area contributed by atoms with Crippen LogP contribution < -0.4 is 4.72 Å². The van der Waals surface area contributed by atoms with Gasteiger partial charge >= 0.3 is 0 Å². The van der Waals surface area contributed by atoms with Crippen molar-refractivity contribution < 1.29 is 13.5 Å². The summed E-state index contributed by atoms with van der Waals surface area (Å²) in [6, 6.07) is 0. The van der Waals surface area contributed by atoms with Gasteiger partial charge in [-0.25, -0.2) is 8.42 Å². The highest BCUT2D eigenvalue weighted by Gasteiger charge is 2.40. The Balaban J connectivity index is 2.09. The Kier molecular flexibility index (Phi) is 2.25. The van der Waals surface area contributed by atoms with Crippen LogP contribution in [0.15, 0.2) is 18.2 Å². The van der Waals surface area contributed by atoms with E-state index in [2.05, 4.69) is 10.8 Å². The third-order valence-electron chi connectivity index (χ3n) is 2.24. The van der Waals surface area contributed by atoms with Crippen molar-refractivity contribution in [2.24, 2.45) is 0 Å². The van der Waals surface area contributed by atoms with Gasteiger partial charge in [-0.1, -0.05) is 12.2 Å². The summed E-state index contributed by atoms with van der Waals surface area (Å²) < 4.78 is 25.3. The van der Waals surface area contributed by atoms with E-state index in [0.717, 1.165) is 0 Å². The zero-order chi connectivity index (χ0) is 10.2. The minimum atomic E-state index is -3.35. The Morgan fingerprint density at radius 2 is 2.21 bits per heavy atom. The fourth-order valence-electron chi connectivity index (χ4n) is 1.33. The summed E-state index contributed by atoms with van der Waals surface area (Å²) in [5, 5.41) is 9.51. The molecule has 5 heteroatoms. The van der Waals surface area contributed by atoms with Crippen LogP contribution in [0.4, 0.5) is 0 Å². The summed E-state index contributed by atoms with van der Waals surface area (Å²) in [5.41, 5.74) is -1.48. The van der Waals surface area contributed by atoms with E-state index in [1.807, 2.05) is 0 Å². The standard InChI is InChI=1S/C9H12NO3S/c11-9(6-2-1-3-7-9)10-14(12,13)8-4-5-8/h1-2,6,8,10-11H,4-5,7H2. The predicted molar refractivity (Wildman–Crippen MR) is 51.6 cm³/mol. The molecule has 2 aliphatic rings. The molecular formula is C9H12NO3S. The summed E-state index contributed by atoms with van der Waals surface area (Å²) in [5.74, 6) is 0. The third-order valence-corrected chi connectivity index (χ3v) is 4.23. The molecule has 0 aromatic rings. The number of hydrogen-bond acceptors (Lipinski definition) is 3. The summed E-state index contributed by atoms with van der Waals surface area (Å²) in [6.45, 7) is 0. The Labute approximate surface area is 83.4 Å². The molecule has 1 saturated carbocycles. The summed E-state index contributed by atoms with van der Waals surface area (Å²) in [7, 11) is -3.35. The van der Waals surface area contributed by atoms with Crippen LogP contribution in [0.1, 0.15) is 19.3 Å². The van der Waals surface area contributed by atoms with Gasteiger partial charge in [-0.05, 0) is 25.0 Å². The third kappa shape index (κ3) is 2.05. The molecule has 1 atom stereocenters. The molecule has 77 valence electrons. The van der Waals surface area contributed by atoms with Crippen molar-refractivity contribution in [2.45, 2.75) is 30.2 Å². The molecule has 2 N–H and O–H groups in total. The fraction of sp³-hybridized carbons (Fsp3) is 0.556. The molecule has 2 rings (SSSR count). The second kappa shape index (κ2) is 3.18. The second-order valence-corrected chi connectivity index (χ2v) is 5.64. The predicted octanol–water partition coefficient (Wildman–Crippen LogP) is 0.0761. The molecule has 1 radical (unpaired) electrons. The van der Waals surface area contributed by atoms with Gasteiger partial charge in [0, 0.05) is 6.42 Å². The Morgan fingerprint density at radius 1 is 1.50 bits per heavy atom. The highest BCUT2D eigenvalue weighted by Crippen LogP contribution is 2.29. The van der Waals surface area contributed by atoms with E-state index in [1.165, 1.54) is 6.08 Å². The van der Waals surface area contributed by atoms with E-state index in [4.69, 9.17) is 0 Å². The zero-order valence-corrected chi connectivity index (χ0v) is 8.42. The molecule has 4 nitrogen and oxygen atoms in total. The van der Waals surface area contributed by atoms with E-state index in [9.17, 15) is 13.5 Å². The average molecular weight is 214 g/mol. The van der Waals surface area contributed by atoms with Gasteiger partial charge in [0.15, 0.2) is 5.72 Å². The highest BCUT2D eigenvalue weighted by atomic mass is 32.2. The van der Waals surface area contributed by atoms with Crippen LogP contribution in [0.3, 0.4) is 0 Å². The van der Waals surface area contributed by atoms with Crippen LogP contribution in [0, 0.1) is 6.08 Å². The van der Waals surface area contributed by atoms with Crippen LogP contribution in [-0.2, 0) is 10.0 Å². The Bertz CT molecular complexity index is 381. The van der Waals surface area contributed by atoms with Crippen molar-refractivity contribution in [3.63, 3.8) is 0 Å². The maximum Gasteiger partial charge on any atom is 0.217 e. The molecule has 1 fully saturated rings. The van der Waals surface area contributed by atoms with Gasteiger partial charge in [0.05, 0.1) is 5.25 Å². The monoisotopic (exact) mass is 214 g/mol. The molecule has 2 aliphatic carbocycles. The van der Waals surface area contributed by atoms with Gasteiger partial charge in [-0.2, -0.15) is 4.72 Å². The molecule has 0 amide bonds. The Hall–Kier alpha value is -0.650. The number of hydrogen-bond donors (Lipinski definition) is 2. The maximum atomic E-state index is 11.5. The molecule has 0 bridgehead atoms. The first kappa shape index (κ1) is 9.89. The molecule has 14 heavy (non-hydrogen) atoms. The largest absolute Gasteiger partial charge is 0.371 e. The van der Waals surface area contributed by atoms with Crippen molar-refractivity contribution in [3.8, 4) is 0 Å². The lowest BCUT2D eigenvalue weighted by Gasteiger charge is -2.25. The van der Waals surface area contributed by atoms with Crippen molar-refractivity contribution in [1.82, 2.24) is 4.72 Å². The van der Waals surface area contributed by atoms with Gasteiger partial charge in [0.2, 0.25) is 10.0 Å². The second-order valence-electron chi connectivity index (χ2n) is 3.68. The summed E-state index contributed by atoms with van der Waals surface area (Å²) >= 11 is 0. The van der Waals surface area contributed by atoms with Crippen LogP contribution in [0.25, 0.3) is 0 Å². The average Bonchev–Trinajstić information content (AvgIpc) is 2.84. The lowest BCUT2D eigenvalue weighted by Crippen LogP contribution is -2.48. The normalized spacial score (nSPS) is 32.1. The smallest absolute Gasteiger partial charge is 0.217 e. The molecule has 0 saturated heterocycles. The topological polar surface area (TPSA) is 66.4 Å². The number of rotatable bonds is 3. The Morgan fingerprint density at radius 3 is 2.71 bits per heavy atom. The molecule has 0 aromatic carbocycles. The van der Waals surface area contributed by atoms with Gasteiger partial charge in [-0.15, -0.1) is 0 Å². The maximum absolute atomic E-state index is 11.5.